The number of nitrogens with one attached hydrogen (secondary N) is 1. The molecule has 2 aromatic rings. The van der Waals surface area contributed by atoms with Gasteiger partial charge >= 0.3 is 6.18 Å². The molecule has 3 atom stereocenters. The fraction of sp³-hybridized carbons (Fsp3) is 0.360. The van der Waals surface area contributed by atoms with Crippen molar-refractivity contribution in [2.45, 2.75) is 32.5 Å². The van der Waals surface area contributed by atoms with Gasteiger partial charge in [0.15, 0.2) is 0 Å². The molecule has 4 nitrogen and oxygen atoms in total. The van der Waals surface area contributed by atoms with Crippen molar-refractivity contribution >= 4 is 17.5 Å². The number of halogens is 3. The summed E-state index contributed by atoms with van der Waals surface area (Å²) in [5.41, 5.74) is 0.420. The Kier molecular flexibility index (Phi) is 6.09. The van der Waals surface area contributed by atoms with Gasteiger partial charge in [0.2, 0.25) is 11.8 Å². The van der Waals surface area contributed by atoms with Crippen LogP contribution in [-0.2, 0) is 22.3 Å². The molecule has 0 spiro atoms. The van der Waals surface area contributed by atoms with Crippen molar-refractivity contribution < 1.29 is 22.8 Å². The van der Waals surface area contributed by atoms with Crippen LogP contribution in [0.25, 0.3) is 0 Å². The number of benzene rings is 2. The molecule has 2 unspecified atom stereocenters. The summed E-state index contributed by atoms with van der Waals surface area (Å²) in [6.07, 6.45) is 0.546. The van der Waals surface area contributed by atoms with Gasteiger partial charge in [0.25, 0.3) is 0 Å². The molecule has 1 aliphatic carbocycles. The zero-order valence-electron chi connectivity index (χ0n) is 17.7. The number of amides is 2. The van der Waals surface area contributed by atoms with Crippen LogP contribution < -0.4 is 5.32 Å². The second-order valence-electron chi connectivity index (χ2n) is 8.51. The van der Waals surface area contributed by atoms with Crippen LogP contribution in [0.2, 0.25) is 0 Å². The molecule has 1 aliphatic heterocycles. The SMILES string of the molecule is Cc1ccc(NC(=O)[C@H]2CC=CC3CCN(Cc4ccccc4)C(=O)C32)cc1C(F)(F)F. The summed E-state index contributed by atoms with van der Waals surface area (Å²) >= 11 is 0. The Balaban J connectivity index is 1.52. The Morgan fingerprint density at radius 3 is 2.62 bits per heavy atom. The van der Waals surface area contributed by atoms with Gasteiger partial charge in [-0.1, -0.05) is 48.6 Å². The van der Waals surface area contributed by atoms with Crippen molar-refractivity contribution in [3.63, 3.8) is 0 Å². The third-order valence-electron chi connectivity index (χ3n) is 6.36. The van der Waals surface area contributed by atoms with Crippen molar-refractivity contribution in [1.82, 2.24) is 4.90 Å². The number of nitrogens with zero attached hydrogens (tertiary/aromatic N) is 1. The van der Waals surface area contributed by atoms with E-state index in [2.05, 4.69) is 5.32 Å². The van der Waals surface area contributed by atoms with Gasteiger partial charge in [-0.05, 0) is 48.9 Å². The van der Waals surface area contributed by atoms with E-state index in [-0.39, 0.29) is 23.1 Å². The molecule has 168 valence electrons. The average molecular weight is 442 g/mol. The second kappa shape index (κ2) is 8.81. The minimum absolute atomic E-state index is 0.0391. The third-order valence-corrected chi connectivity index (χ3v) is 6.36. The quantitative estimate of drug-likeness (QED) is 0.663. The number of piperidine rings is 1. The summed E-state index contributed by atoms with van der Waals surface area (Å²) in [7, 11) is 0. The standard InChI is InChI=1S/C25H25F3N2O2/c1-16-10-11-19(14-21(16)25(26,27)28)29-23(31)20-9-5-8-18-12-13-30(24(32)22(18)20)15-17-6-3-2-4-7-17/h2-8,10-11,14,18,20,22H,9,12-13,15H2,1H3,(H,29,31)/t18?,20-,22?/m0/s1. The highest BCUT2D eigenvalue weighted by molar-refractivity contribution is 5.97. The summed E-state index contributed by atoms with van der Waals surface area (Å²) < 4.78 is 39.7. The topological polar surface area (TPSA) is 49.4 Å². The average Bonchev–Trinajstić information content (AvgIpc) is 2.76. The van der Waals surface area contributed by atoms with E-state index in [1.165, 1.54) is 19.1 Å². The Bertz CT molecular complexity index is 1030. The number of alkyl halides is 3. The molecular formula is C25H25F3N2O2. The monoisotopic (exact) mass is 442 g/mol. The van der Waals surface area contributed by atoms with Crippen molar-refractivity contribution in [2.24, 2.45) is 17.8 Å². The van der Waals surface area contributed by atoms with Crippen molar-refractivity contribution in [3.8, 4) is 0 Å². The van der Waals surface area contributed by atoms with Crippen LogP contribution in [0.4, 0.5) is 18.9 Å². The largest absolute Gasteiger partial charge is 0.416 e. The molecule has 1 fully saturated rings. The first-order valence-corrected chi connectivity index (χ1v) is 10.7. The fourth-order valence-electron chi connectivity index (χ4n) is 4.69. The highest BCUT2D eigenvalue weighted by atomic mass is 19.4. The zero-order valence-corrected chi connectivity index (χ0v) is 17.7. The molecule has 0 radical (unpaired) electrons. The van der Waals surface area contributed by atoms with Crippen LogP contribution in [0.15, 0.2) is 60.7 Å². The van der Waals surface area contributed by atoms with E-state index in [1.54, 1.807) is 4.90 Å². The van der Waals surface area contributed by atoms with Crippen LogP contribution >= 0.6 is 0 Å². The van der Waals surface area contributed by atoms with E-state index in [4.69, 9.17) is 0 Å². The van der Waals surface area contributed by atoms with E-state index >= 15 is 0 Å². The maximum Gasteiger partial charge on any atom is 0.416 e. The molecule has 2 aliphatic rings. The molecule has 2 amide bonds. The van der Waals surface area contributed by atoms with E-state index in [0.29, 0.717) is 19.5 Å². The number of carbonyl (C=O) groups is 2. The highest BCUT2D eigenvalue weighted by Gasteiger charge is 2.44. The lowest BCUT2D eigenvalue weighted by atomic mass is 9.71. The van der Waals surface area contributed by atoms with E-state index in [1.807, 2.05) is 42.5 Å². The number of aryl methyl sites for hydroxylation is 1. The van der Waals surface area contributed by atoms with Crippen LogP contribution in [0.3, 0.4) is 0 Å². The van der Waals surface area contributed by atoms with E-state index in [0.717, 1.165) is 18.1 Å². The Morgan fingerprint density at radius 2 is 1.91 bits per heavy atom. The van der Waals surface area contributed by atoms with Gasteiger partial charge in [-0.3, -0.25) is 9.59 Å². The number of fused-ring (bicyclic) bond motifs is 1. The smallest absolute Gasteiger partial charge is 0.338 e. The first-order valence-electron chi connectivity index (χ1n) is 10.7. The molecule has 1 heterocycles. The van der Waals surface area contributed by atoms with Gasteiger partial charge in [0.1, 0.15) is 0 Å². The number of carbonyl (C=O) groups excluding carboxylic acids is 2. The number of rotatable bonds is 4. The normalized spacial score (nSPS) is 23.1. The van der Waals surface area contributed by atoms with Crippen LogP contribution in [-0.4, -0.2) is 23.3 Å². The van der Waals surface area contributed by atoms with Gasteiger partial charge in [-0.25, -0.2) is 0 Å². The highest BCUT2D eigenvalue weighted by Crippen LogP contribution is 2.39. The van der Waals surface area contributed by atoms with Crippen molar-refractivity contribution in [2.75, 3.05) is 11.9 Å². The first kappa shape index (κ1) is 22.1. The molecule has 4 rings (SSSR count). The van der Waals surface area contributed by atoms with E-state index in [9.17, 15) is 22.8 Å². The molecule has 1 N–H and O–H groups in total. The molecular weight excluding hydrogens is 417 g/mol. The number of hydrogen-bond donors (Lipinski definition) is 1. The molecule has 0 bridgehead atoms. The summed E-state index contributed by atoms with van der Waals surface area (Å²) in [6, 6.07) is 13.4. The van der Waals surface area contributed by atoms with E-state index < -0.39 is 29.5 Å². The van der Waals surface area contributed by atoms with Gasteiger partial charge in [-0.15, -0.1) is 0 Å². The maximum absolute atomic E-state index is 13.3. The fourth-order valence-corrected chi connectivity index (χ4v) is 4.69. The van der Waals surface area contributed by atoms with Gasteiger partial charge < -0.3 is 10.2 Å². The number of likely N-dealkylation sites (tertiary alicyclic amines) is 1. The molecule has 2 aromatic carbocycles. The summed E-state index contributed by atoms with van der Waals surface area (Å²) in [5, 5.41) is 2.63. The second-order valence-corrected chi connectivity index (χ2v) is 8.51. The Hall–Kier alpha value is -3.09. The van der Waals surface area contributed by atoms with Crippen molar-refractivity contribution in [1.29, 1.82) is 0 Å². The first-order chi connectivity index (χ1) is 15.2. The minimum Gasteiger partial charge on any atom is -0.338 e. The number of hydrogen-bond acceptors (Lipinski definition) is 2. The number of anilines is 1. The Morgan fingerprint density at radius 1 is 1.16 bits per heavy atom. The Labute approximate surface area is 185 Å². The predicted molar refractivity (Wildman–Crippen MR) is 116 cm³/mol. The van der Waals surface area contributed by atoms with Gasteiger partial charge in [0, 0.05) is 18.8 Å². The molecule has 0 saturated carbocycles. The minimum atomic E-state index is -4.50. The molecule has 1 saturated heterocycles. The van der Waals surface area contributed by atoms with Gasteiger partial charge in [-0.2, -0.15) is 13.2 Å². The molecule has 7 heteroatoms. The van der Waals surface area contributed by atoms with Crippen molar-refractivity contribution in [3.05, 3.63) is 77.4 Å². The predicted octanol–water partition coefficient (Wildman–Crippen LogP) is 5.19. The summed E-state index contributed by atoms with van der Waals surface area (Å²) in [5.74, 6) is -1.66. The van der Waals surface area contributed by atoms with Crippen LogP contribution in [0.5, 0.6) is 0 Å². The maximum atomic E-state index is 13.3. The molecule has 0 aromatic heterocycles. The summed E-state index contributed by atoms with van der Waals surface area (Å²) in [4.78, 5) is 28.2. The third kappa shape index (κ3) is 4.56. The van der Waals surface area contributed by atoms with Gasteiger partial charge in [0.05, 0.1) is 17.4 Å². The lowest BCUT2D eigenvalue weighted by molar-refractivity contribution is -0.147. The van der Waals surface area contributed by atoms with Crippen LogP contribution in [0.1, 0.15) is 29.5 Å². The zero-order chi connectivity index (χ0) is 22.9. The molecule has 32 heavy (non-hydrogen) atoms. The lowest BCUT2D eigenvalue weighted by Gasteiger charge is -2.41. The summed E-state index contributed by atoms with van der Waals surface area (Å²) in [6.45, 7) is 2.47. The lowest BCUT2D eigenvalue weighted by Crippen LogP contribution is -2.50. The number of allylic oxidation sites excluding steroid dienone is 2. The van der Waals surface area contributed by atoms with Crippen LogP contribution in [0, 0.1) is 24.7 Å².